The van der Waals surface area contributed by atoms with Gasteiger partial charge in [0.25, 0.3) is 0 Å². The molecule has 0 aliphatic carbocycles. The normalized spacial score (nSPS) is 12.4. The molecule has 0 spiro atoms. The van der Waals surface area contributed by atoms with E-state index in [-0.39, 0.29) is 11.5 Å². The van der Waals surface area contributed by atoms with E-state index in [9.17, 15) is 4.39 Å². The molecular formula is C13H12ClFN2. The number of benzene rings is 1. The topological polar surface area (TPSA) is 38.9 Å². The van der Waals surface area contributed by atoms with Gasteiger partial charge in [0.15, 0.2) is 0 Å². The molecule has 1 aromatic carbocycles. The minimum absolute atomic E-state index is 0.285. The van der Waals surface area contributed by atoms with Gasteiger partial charge < -0.3 is 5.73 Å². The van der Waals surface area contributed by atoms with E-state index in [0.29, 0.717) is 11.4 Å². The van der Waals surface area contributed by atoms with Gasteiger partial charge in [-0.25, -0.2) is 4.39 Å². The highest BCUT2D eigenvalue weighted by Crippen LogP contribution is 2.18. The Kier molecular flexibility index (Phi) is 3.71. The molecule has 1 heterocycles. The van der Waals surface area contributed by atoms with Crippen molar-refractivity contribution in [2.75, 3.05) is 0 Å². The fourth-order valence-electron chi connectivity index (χ4n) is 1.69. The molecule has 4 heteroatoms. The second-order valence-electron chi connectivity index (χ2n) is 3.81. The molecule has 0 saturated heterocycles. The van der Waals surface area contributed by atoms with Crippen molar-refractivity contribution >= 4 is 11.6 Å². The molecule has 0 amide bonds. The van der Waals surface area contributed by atoms with Gasteiger partial charge in [0, 0.05) is 11.2 Å². The van der Waals surface area contributed by atoms with E-state index in [1.165, 1.54) is 12.3 Å². The van der Waals surface area contributed by atoms with Crippen LogP contribution in [0.4, 0.5) is 4.39 Å². The molecule has 1 aromatic heterocycles. The lowest BCUT2D eigenvalue weighted by atomic mass is 10.0. The minimum Gasteiger partial charge on any atom is -0.322 e. The third-order valence-electron chi connectivity index (χ3n) is 2.48. The van der Waals surface area contributed by atoms with Crippen molar-refractivity contribution in [1.82, 2.24) is 4.98 Å². The molecular weight excluding hydrogens is 239 g/mol. The zero-order valence-electron chi connectivity index (χ0n) is 9.11. The Hall–Kier alpha value is -1.45. The van der Waals surface area contributed by atoms with Crippen molar-refractivity contribution in [2.45, 2.75) is 12.5 Å². The van der Waals surface area contributed by atoms with Gasteiger partial charge in [0.1, 0.15) is 5.82 Å². The summed E-state index contributed by atoms with van der Waals surface area (Å²) in [6.45, 7) is 0. The first-order valence-corrected chi connectivity index (χ1v) is 5.65. The summed E-state index contributed by atoms with van der Waals surface area (Å²) in [6, 6.07) is 9.81. The lowest BCUT2D eigenvalue weighted by molar-refractivity contribution is 0.564. The maximum absolute atomic E-state index is 13.5. The number of nitrogens with zero attached hydrogens (tertiary/aromatic N) is 1. The molecule has 2 aromatic rings. The molecule has 0 aliphatic heterocycles. The lowest BCUT2D eigenvalue weighted by Gasteiger charge is -2.11. The van der Waals surface area contributed by atoms with Gasteiger partial charge in [-0.15, -0.1) is 0 Å². The van der Waals surface area contributed by atoms with Crippen LogP contribution >= 0.6 is 11.6 Å². The van der Waals surface area contributed by atoms with Gasteiger partial charge in [-0.3, -0.25) is 4.98 Å². The standard InChI is InChI=1S/C13H12ClFN2/c14-10-4-1-3-9(7-10)8-12(16)13-11(15)5-2-6-17-13/h1-7,12H,8,16H2. The van der Waals surface area contributed by atoms with Crippen LogP contribution < -0.4 is 5.73 Å². The van der Waals surface area contributed by atoms with Crippen molar-refractivity contribution in [3.8, 4) is 0 Å². The molecule has 2 N–H and O–H groups in total. The second kappa shape index (κ2) is 5.25. The van der Waals surface area contributed by atoms with Crippen molar-refractivity contribution in [3.05, 3.63) is 64.7 Å². The molecule has 17 heavy (non-hydrogen) atoms. The molecule has 1 atom stereocenters. The molecule has 0 saturated carbocycles. The van der Waals surface area contributed by atoms with Gasteiger partial charge in [0.05, 0.1) is 11.7 Å². The second-order valence-corrected chi connectivity index (χ2v) is 4.25. The summed E-state index contributed by atoms with van der Waals surface area (Å²) >= 11 is 5.88. The van der Waals surface area contributed by atoms with Crippen molar-refractivity contribution in [1.29, 1.82) is 0 Å². The molecule has 88 valence electrons. The smallest absolute Gasteiger partial charge is 0.146 e. The summed E-state index contributed by atoms with van der Waals surface area (Å²) in [5, 5.41) is 0.649. The monoisotopic (exact) mass is 250 g/mol. The van der Waals surface area contributed by atoms with Crippen LogP contribution in [0, 0.1) is 5.82 Å². The number of hydrogen-bond acceptors (Lipinski definition) is 2. The zero-order chi connectivity index (χ0) is 12.3. The highest BCUT2D eigenvalue weighted by molar-refractivity contribution is 6.30. The largest absolute Gasteiger partial charge is 0.322 e. The summed E-state index contributed by atoms with van der Waals surface area (Å²) in [5.74, 6) is -0.373. The van der Waals surface area contributed by atoms with Gasteiger partial charge in [-0.1, -0.05) is 23.7 Å². The number of pyridine rings is 1. The van der Waals surface area contributed by atoms with Crippen LogP contribution in [0.1, 0.15) is 17.3 Å². The fraction of sp³-hybridized carbons (Fsp3) is 0.154. The third kappa shape index (κ3) is 3.02. The SMILES string of the molecule is NC(Cc1cccc(Cl)c1)c1ncccc1F. The van der Waals surface area contributed by atoms with E-state index in [4.69, 9.17) is 17.3 Å². The van der Waals surface area contributed by atoms with Crippen LogP contribution in [0.25, 0.3) is 0 Å². The average molecular weight is 251 g/mol. The molecule has 0 radical (unpaired) electrons. The Balaban J connectivity index is 2.17. The van der Waals surface area contributed by atoms with E-state index < -0.39 is 6.04 Å². The van der Waals surface area contributed by atoms with Crippen LogP contribution in [-0.4, -0.2) is 4.98 Å². The Labute approximate surface area is 104 Å². The predicted molar refractivity (Wildman–Crippen MR) is 66.3 cm³/mol. The molecule has 2 nitrogen and oxygen atoms in total. The van der Waals surface area contributed by atoms with Gasteiger partial charge >= 0.3 is 0 Å². The van der Waals surface area contributed by atoms with E-state index >= 15 is 0 Å². The van der Waals surface area contributed by atoms with Crippen molar-refractivity contribution in [2.24, 2.45) is 5.73 Å². The first-order valence-electron chi connectivity index (χ1n) is 5.27. The molecule has 1 unspecified atom stereocenters. The number of halogens is 2. The molecule has 0 aliphatic rings. The summed E-state index contributed by atoms with van der Waals surface area (Å²) in [6.07, 6.45) is 2.05. The van der Waals surface area contributed by atoms with E-state index in [2.05, 4.69) is 4.98 Å². The van der Waals surface area contributed by atoms with Crippen molar-refractivity contribution < 1.29 is 4.39 Å². The summed E-state index contributed by atoms with van der Waals surface area (Å²) in [5.41, 5.74) is 7.18. The minimum atomic E-state index is -0.463. The molecule has 0 fully saturated rings. The summed E-state index contributed by atoms with van der Waals surface area (Å²) in [4.78, 5) is 3.96. The third-order valence-corrected chi connectivity index (χ3v) is 2.72. The van der Waals surface area contributed by atoms with Crippen molar-refractivity contribution in [3.63, 3.8) is 0 Å². The average Bonchev–Trinajstić information content (AvgIpc) is 2.29. The Morgan fingerprint density at radius 1 is 1.29 bits per heavy atom. The lowest BCUT2D eigenvalue weighted by Crippen LogP contribution is -2.16. The van der Waals surface area contributed by atoms with E-state index in [1.54, 1.807) is 12.1 Å². The van der Waals surface area contributed by atoms with Crippen LogP contribution in [0.2, 0.25) is 5.02 Å². The van der Waals surface area contributed by atoms with Gasteiger partial charge in [-0.2, -0.15) is 0 Å². The number of rotatable bonds is 3. The fourth-order valence-corrected chi connectivity index (χ4v) is 1.90. The van der Waals surface area contributed by atoms with E-state index in [1.807, 2.05) is 18.2 Å². The van der Waals surface area contributed by atoms with E-state index in [0.717, 1.165) is 5.56 Å². The number of aromatic nitrogens is 1. The maximum Gasteiger partial charge on any atom is 0.146 e. The Bertz CT molecular complexity index is 516. The zero-order valence-corrected chi connectivity index (χ0v) is 9.86. The van der Waals surface area contributed by atoms with Crippen LogP contribution in [0.5, 0.6) is 0 Å². The summed E-state index contributed by atoms with van der Waals surface area (Å²) in [7, 11) is 0. The summed E-state index contributed by atoms with van der Waals surface area (Å²) < 4.78 is 13.5. The number of hydrogen-bond donors (Lipinski definition) is 1. The molecule has 0 bridgehead atoms. The number of nitrogens with two attached hydrogens (primary N) is 1. The van der Waals surface area contributed by atoms with Crippen LogP contribution in [0.3, 0.4) is 0 Å². The predicted octanol–water partition coefficient (Wildman–Crippen LogP) is 3.12. The first-order chi connectivity index (χ1) is 8.16. The van der Waals surface area contributed by atoms with Gasteiger partial charge in [0.2, 0.25) is 0 Å². The van der Waals surface area contributed by atoms with Gasteiger partial charge in [-0.05, 0) is 36.2 Å². The quantitative estimate of drug-likeness (QED) is 0.909. The molecule has 2 rings (SSSR count). The van der Waals surface area contributed by atoms with Crippen LogP contribution in [0.15, 0.2) is 42.6 Å². The maximum atomic E-state index is 13.5. The first kappa shape index (κ1) is 12.0. The Morgan fingerprint density at radius 3 is 2.82 bits per heavy atom. The highest BCUT2D eigenvalue weighted by atomic mass is 35.5. The van der Waals surface area contributed by atoms with Crippen LogP contribution in [-0.2, 0) is 6.42 Å². The Morgan fingerprint density at radius 2 is 2.12 bits per heavy atom. The highest BCUT2D eigenvalue weighted by Gasteiger charge is 2.13.